The molecule has 8 N–H and O–H groups in total. The van der Waals surface area contributed by atoms with Crippen LogP contribution < -0.4 is 50.8 Å². The molecule has 3 amide bonds. The van der Waals surface area contributed by atoms with E-state index in [2.05, 4.69) is 256 Å². The van der Waals surface area contributed by atoms with Crippen LogP contribution in [0.5, 0.6) is 0 Å². The summed E-state index contributed by atoms with van der Waals surface area (Å²) in [6.45, 7) is 50.3. The van der Waals surface area contributed by atoms with Crippen molar-refractivity contribution in [3.63, 3.8) is 0 Å². The van der Waals surface area contributed by atoms with E-state index in [4.69, 9.17) is 58.1 Å². The molecule has 1 heterocycles. The molecular formula is C88H141Br4N4NaO17Si. The normalized spacial score (nSPS) is 16.4. The molecule has 21 nitrogen and oxygen atoms in total. The average Bonchev–Trinajstić information content (AvgIpc) is 0.837. The zero-order valence-electron chi connectivity index (χ0n) is 74.2. The molecule has 10 rings (SSSR count). The van der Waals surface area contributed by atoms with E-state index in [-0.39, 0.29) is 89.6 Å². The maximum absolute atomic E-state index is 11.4. The fraction of sp³-hybridized carbons (Fsp3) is 0.580. The van der Waals surface area contributed by atoms with Crippen LogP contribution in [0.2, 0.25) is 18.1 Å². The predicted octanol–water partition coefficient (Wildman–Crippen LogP) is 18.2. The minimum Gasteiger partial charge on any atom is -1.00 e. The van der Waals surface area contributed by atoms with Crippen molar-refractivity contribution in [2.24, 2.45) is 0 Å². The number of carbonyl (C=O) groups excluding carboxylic acids is 4. The number of carboxylic acid groups (broad SMARTS) is 1. The van der Waals surface area contributed by atoms with Gasteiger partial charge < -0.3 is 80.7 Å². The molecule has 4 aromatic rings. The van der Waals surface area contributed by atoms with Crippen LogP contribution in [0.1, 0.15) is 240 Å². The summed E-state index contributed by atoms with van der Waals surface area (Å²) in [5.74, 6) is 0.256. The minimum atomic E-state index is -1.73. The second-order valence-electron chi connectivity index (χ2n) is 32.2. The molecule has 0 spiro atoms. The fourth-order valence-electron chi connectivity index (χ4n) is 10.4. The number of fused-ring (bicyclic) bond motifs is 4. The average molecular weight is 1900 g/mol. The molecular weight excluding hydrogens is 1760 g/mol. The van der Waals surface area contributed by atoms with Crippen molar-refractivity contribution in [2.75, 3.05) is 59.3 Å². The second kappa shape index (κ2) is 61.4. The molecule has 5 aliphatic carbocycles. The largest absolute Gasteiger partial charge is 1.00 e. The Morgan fingerprint density at radius 2 is 0.930 bits per heavy atom. The number of aliphatic hydroxyl groups is 3. The topological polar surface area (TPSA) is 288 Å². The Hall–Kier alpha value is -4.91. The summed E-state index contributed by atoms with van der Waals surface area (Å²) < 4.78 is 41.9. The first-order valence-corrected chi connectivity index (χ1v) is 45.5. The van der Waals surface area contributed by atoms with Crippen LogP contribution in [0, 0.1) is 0 Å². The summed E-state index contributed by atoms with van der Waals surface area (Å²) in [5, 5.41) is 43.9. The summed E-state index contributed by atoms with van der Waals surface area (Å²) >= 11 is 12.9. The van der Waals surface area contributed by atoms with Crippen molar-refractivity contribution in [3.05, 3.63) is 191 Å². The minimum absolute atomic E-state index is 0. The number of aliphatic hydroxyl groups excluding tert-OH is 3. The Balaban J connectivity index is -0.000000601. The molecule has 4 aromatic carbocycles. The molecule has 0 aromatic heterocycles. The van der Waals surface area contributed by atoms with Gasteiger partial charge >= 0.3 is 53.8 Å². The number of alkyl carbamates (subject to hydrolysis) is 3. The second-order valence-corrected chi connectivity index (χ2v) is 44.5. The number of carbonyl (C=O) groups is 5. The summed E-state index contributed by atoms with van der Waals surface area (Å²) in [6, 6.07) is 33.3. The van der Waals surface area contributed by atoms with Gasteiger partial charge in [0.25, 0.3) is 20.7 Å². The first-order valence-electron chi connectivity index (χ1n) is 39.0. The summed E-state index contributed by atoms with van der Waals surface area (Å²) in [5.41, 5.74) is 10.2. The number of nitrogens with one attached hydrogen (secondary N) is 4. The van der Waals surface area contributed by atoms with Crippen LogP contribution in [0.3, 0.4) is 0 Å². The van der Waals surface area contributed by atoms with E-state index in [1.165, 1.54) is 71.6 Å². The van der Waals surface area contributed by atoms with Crippen LogP contribution in [0.15, 0.2) is 146 Å². The van der Waals surface area contributed by atoms with Crippen LogP contribution >= 0.6 is 63.7 Å². The van der Waals surface area contributed by atoms with E-state index in [0.717, 1.165) is 44.3 Å². The monoisotopic (exact) mass is 1890 g/mol. The van der Waals surface area contributed by atoms with Gasteiger partial charge in [-0.3, -0.25) is 9.59 Å². The third-order valence-electron chi connectivity index (χ3n) is 16.4. The van der Waals surface area contributed by atoms with E-state index in [1.54, 1.807) is 48.5 Å². The summed E-state index contributed by atoms with van der Waals surface area (Å²) in [4.78, 5) is 51.8. The van der Waals surface area contributed by atoms with Gasteiger partial charge in [0.15, 0.2) is 0 Å². The first kappa shape index (κ1) is 114. The Bertz CT molecular complexity index is 3340. The molecule has 648 valence electrons. The van der Waals surface area contributed by atoms with Gasteiger partial charge in [-0.1, -0.05) is 225 Å². The van der Waals surface area contributed by atoms with Crippen molar-refractivity contribution < 1.29 is 113 Å². The van der Waals surface area contributed by atoms with Crippen molar-refractivity contribution in [1.82, 2.24) is 21.3 Å². The zero-order valence-corrected chi connectivity index (χ0v) is 82.6. The van der Waals surface area contributed by atoms with Gasteiger partial charge in [0, 0.05) is 68.3 Å². The molecule has 6 aliphatic rings. The number of esters is 1. The van der Waals surface area contributed by atoms with E-state index in [1.807, 2.05) is 70.2 Å². The van der Waals surface area contributed by atoms with Crippen LogP contribution in [0.25, 0.3) is 0 Å². The van der Waals surface area contributed by atoms with E-state index in [0.29, 0.717) is 54.3 Å². The number of allylic oxidation sites excluding steroid dienone is 6. The quantitative estimate of drug-likeness (QED) is 0.00984. The first-order chi connectivity index (χ1) is 53.1. The number of piperidine rings is 1. The van der Waals surface area contributed by atoms with Crippen molar-refractivity contribution in [3.8, 4) is 0 Å². The molecule has 27 heteroatoms. The molecule has 0 saturated carbocycles. The standard InChI is InChI=1S/C15H21NO3.C11H14O.C10H22O2Si.C9H19N.C8H7Br.C8H8O.2C7H15NO3.C7H8.C4H8O2.CHBr3.CH2O2.Na.H/c1-15(2,3)19-14(17)16-8-9-18-13-10-11-6-4-5-7-12(11)13;1-2-7-12-11-8-9-5-3-4-6-10(9)11;1-8-11-9(2)12-13(6,7)10(3,4)5;1-8(2)6-5-7-9(3,4)10-8;2*9-8-5-6-3-1-2-4-7(6)8;2*1-7(2,3)11-6(10)8-4-5-9;1-2-4-6-7-5-3-1;1-3-6-4(2)5;2-1(3)4;2-1-3;;/h4-7,13H,8-10H2,1-3H3,(H,16,17);3-6,11H,2,7-8H2,1H3;2,8H2,1,3-7H3;10H,5-7H2,1-4H3;1-4,8H,5H2;1-4,8-9H,5H2;2*9H,4-5H2,1-3H3,(H,8,10);1-6H,7H2;3H2,1-2H3;1H;1H,(H,2,3);;/q;;;;;;;;;;;;+1;-1. The van der Waals surface area contributed by atoms with Gasteiger partial charge in [0.05, 0.1) is 51.3 Å². The number of rotatable bonds is 16. The Labute approximate surface area is 748 Å². The summed E-state index contributed by atoms with van der Waals surface area (Å²) in [7, 11) is -1.73. The van der Waals surface area contributed by atoms with Gasteiger partial charge in [-0.05, 0) is 212 Å². The Kier molecular flexibility index (Phi) is 61.0. The van der Waals surface area contributed by atoms with Gasteiger partial charge in [-0.2, -0.15) is 0 Å². The molecule has 115 heavy (non-hydrogen) atoms. The SMILES string of the molecule is BrC(Br)Br.BrC1Cc2ccccc21.C1=CC=CCC=C1.C=C(OCC)O[Si](C)(C)C(C)(C)C.CC(C)(C)OC(=O)NCCO.CC(C)(C)OC(=O)NCCO.CC(C)(C)OC(=O)NCCOC1Cc2ccccc21.CC1(C)CCCC(C)(C)N1.CCCOC1Cc2ccccc21.CCOC(C)=O.O=CO.OC1Cc2ccccc21.[H-].[Na+]. The van der Waals surface area contributed by atoms with Crippen LogP contribution in [0.4, 0.5) is 14.4 Å². The summed E-state index contributed by atoms with van der Waals surface area (Å²) in [6.07, 6.45) is 21.7. The van der Waals surface area contributed by atoms with E-state index >= 15 is 0 Å². The van der Waals surface area contributed by atoms with Crippen molar-refractivity contribution >= 4 is 103 Å². The molecule has 0 bridgehead atoms. The number of halogens is 4. The van der Waals surface area contributed by atoms with E-state index in [9.17, 15) is 19.2 Å². The number of benzene rings is 4. The third-order valence-corrected chi connectivity index (χ3v) is 21.6. The molecule has 1 fully saturated rings. The number of hydrogen-bond donors (Lipinski definition) is 8. The number of hydrogen-bond acceptors (Lipinski definition) is 17. The molecule has 0 radical (unpaired) electrons. The van der Waals surface area contributed by atoms with Crippen LogP contribution in [-0.2, 0) is 72.9 Å². The van der Waals surface area contributed by atoms with Gasteiger partial charge in [0.2, 0.25) is 0 Å². The van der Waals surface area contributed by atoms with Crippen molar-refractivity contribution in [2.45, 2.75) is 268 Å². The van der Waals surface area contributed by atoms with Crippen molar-refractivity contribution in [1.29, 1.82) is 0 Å². The maximum atomic E-state index is 11.4. The number of alkyl halides is 4. The van der Waals surface area contributed by atoms with Gasteiger partial charge in [-0.15, -0.1) is 0 Å². The van der Waals surface area contributed by atoms with Crippen LogP contribution in [-0.4, -0.2) is 149 Å². The zero-order chi connectivity index (χ0) is 87.4. The Morgan fingerprint density at radius 1 is 0.583 bits per heavy atom. The molecule has 4 unspecified atom stereocenters. The fourth-order valence-corrected chi connectivity index (χ4v) is 12.1. The third kappa shape index (κ3) is 58.6. The predicted molar refractivity (Wildman–Crippen MR) is 481 cm³/mol. The smallest absolute Gasteiger partial charge is 1.00 e. The molecule has 1 aliphatic heterocycles. The molecule has 1 saturated heterocycles. The molecule has 4 atom stereocenters. The maximum Gasteiger partial charge on any atom is 1.00 e. The number of ether oxygens (including phenoxy) is 7. The van der Waals surface area contributed by atoms with Gasteiger partial charge in [-0.25, -0.2) is 14.4 Å². The van der Waals surface area contributed by atoms with Gasteiger partial charge in [0.1, 0.15) is 19.4 Å². The number of amides is 3. The van der Waals surface area contributed by atoms with E-state index < -0.39 is 43.4 Å². The Morgan fingerprint density at radius 3 is 1.20 bits per heavy atom.